The fourth-order valence-corrected chi connectivity index (χ4v) is 3.45. The molecule has 25 heavy (non-hydrogen) atoms. The molecule has 0 N–H and O–H groups in total. The number of anilines is 1. The average Bonchev–Trinajstić information content (AvgIpc) is 2.65. The molecule has 2 aromatic rings. The first kappa shape index (κ1) is 17.7. The number of pyridine rings is 1. The second-order valence-corrected chi connectivity index (χ2v) is 6.88. The molecule has 1 saturated heterocycles. The van der Waals surface area contributed by atoms with Crippen molar-refractivity contribution < 1.29 is 9.53 Å². The molecule has 6 heteroatoms. The van der Waals surface area contributed by atoms with Gasteiger partial charge in [-0.3, -0.25) is 4.90 Å². The van der Waals surface area contributed by atoms with Crippen LogP contribution in [0.1, 0.15) is 16.9 Å². The number of halogens is 1. The number of ether oxygens (including phenoxy) is 1. The minimum atomic E-state index is -0.418. The highest BCUT2D eigenvalue weighted by Crippen LogP contribution is 2.30. The number of benzene rings is 1. The number of hydrogen-bond donors (Lipinski definition) is 0. The second-order valence-electron chi connectivity index (χ2n) is 5.96. The minimum absolute atomic E-state index is 0.335. The molecule has 1 aromatic carbocycles. The number of carbonyl (C=O) groups is 1. The van der Waals surface area contributed by atoms with Crippen LogP contribution in [0.15, 0.2) is 28.7 Å². The van der Waals surface area contributed by atoms with Gasteiger partial charge in [-0.05, 0) is 24.3 Å². The lowest BCUT2D eigenvalue weighted by Gasteiger charge is -2.36. The van der Waals surface area contributed by atoms with Crippen LogP contribution in [-0.4, -0.2) is 55.7 Å². The van der Waals surface area contributed by atoms with Gasteiger partial charge in [-0.2, -0.15) is 0 Å². The van der Waals surface area contributed by atoms with Crippen LogP contribution in [0.5, 0.6) is 0 Å². The third-order valence-electron chi connectivity index (χ3n) is 4.43. The Morgan fingerprint density at radius 2 is 2.08 bits per heavy atom. The second kappa shape index (κ2) is 7.85. The summed E-state index contributed by atoms with van der Waals surface area (Å²) in [5.41, 5.74) is 2.14. The van der Waals surface area contributed by atoms with Gasteiger partial charge in [0.15, 0.2) is 5.69 Å². The Labute approximate surface area is 156 Å². The van der Waals surface area contributed by atoms with E-state index in [0.717, 1.165) is 60.2 Å². The quantitative estimate of drug-likeness (QED) is 0.582. The van der Waals surface area contributed by atoms with Crippen molar-refractivity contribution in [1.82, 2.24) is 9.88 Å². The molecule has 0 spiro atoms. The summed E-state index contributed by atoms with van der Waals surface area (Å²) >= 11 is 3.52. The number of esters is 1. The monoisotopic (exact) mass is 401 g/mol. The standard InChI is InChI=1S/C19H20BrN3O2/c1-3-4-7-22-8-10-23(11-9-22)18-13-17(19(24)25-2)21-16-6-5-14(20)12-15(16)18/h1,5-6,12-13H,4,7-11H2,2H3. The number of hydrogen-bond acceptors (Lipinski definition) is 5. The molecule has 0 saturated carbocycles. The highest BCUT2D eigenvalue weighted by molar-refractivity contribution is 9.10. The Bertz CT molecular complexity index is 823. The van der Waals surface area contributed by atoms with E-state index in [1.807, 2.05) is 24.3 Å². The molecular formula is C19H20BrN3O2. The summed E-state index contributed by atoms with van der Waals surface area (Å²) in [6, 6.07) is 7.72. The number of carbonyl (C=O) groups excluding carboxylic acids is 1. The van der Waals surface area contributed by atoms with E-state index in [-0.39, 0.29) is 0 Å². The Hall–Kier alpha value is -2.10. The number of fused-ring (bicyclic) bond motifs is 1. The van der Waals surface area contributed by atoms with E-state index < -0.39 is 5.97 Å². The van der Waals surface area contributed by atoms with Gasteiger partial charge < -0.3 is 9.64 Å². The molecular weight excluding hydrogens is 382 g/mol. The largest absolute Gasteiger partial charge is 0.464 e. The predicted molar refractivity (Wildman–Crippen MR) is 103 cm³/mol. The van der Waals surface area contributed by atoms with Gasteiger partial charge in [-0.1, -0.05) is 15.9 Å². The van der Waals surface area contributed by atoms with Crippen LogP contribution in [0, 0.1) is 12.3 Å². The van der Waals surface area contributed by atoms with Crippen molar-refractivity contribution in [2.45, 2.75) is 6.42 Å². The first-order valence-electron chi connectivity index (χ1n) is 8.22. The van der Waals surface area contributed by atoms with Crippen LogP contribution in [0.2, 0.25) is 0 Å². The third-order valence-corrected chi connectivity index (χ3v) is 4.92. The number of piperazine rings is 1. The van der Waals surface area contributed by atoms with Gasteiger partial charge in [0.25, 0.3) is 0 Å². The molecule has 2 heterocycles. The fourth-order valence-electron chi connectivity index (χ4n) is 3.09. The van der Waals surface area contributed by atoms with E-state index in [1.165, 1.54) is 7.11 Å². The Morgan fingerprint density at radius 1 is 1.32 bits per heavy atom. The zero-order chi connectivity index (χ0) is 17.8. The minimum Gasteiger partial charge on any atom is -0.464 e. The van der Waals surface area contributed by atoms with Gasteiger partial charge in [-0.15, -0.1) is 12.3 Å². The number of rotatable bonds is 4. The highest BCUT2D eigenvalue weighted by atomic mass is 79.9. The zero-order valence-electron chi connectivity index (χ0n) is 14.2. The molecule has 3 rings (SSSR count). The van der Waals surface area contributed by atoms with Crippen molar-refractivity contribution in [1.29, 1.82) is 0 Å². The summed E-state index contributed by atoms with van der Waals surface area (Å²) in [5, 5.41) is 1.03. The van der Waals surface area contributed by atoms with Crippen molar-refractivity contribution in [2.75, 3.05) is 44.7 Å². The van der Waals surface area contributed by atoms with Gasteiger partial charge in [0.2, 0.25) is 0 Å². The normalized spacial score (nSPS) is 15.2. The summed E-state index contributed by atoms with van der Waals surface area (Å²) in [4.78, 5) is 21.1. The van der Waals surface area contributed by atoms with Crippen LogP contribution in [-0.2, 0) is 4.74 Å². The molecule has 130 valence electrons. The molecule has 1 aromatic heterocycles. The third kappa shape index (κ3) is 3.94. The molecule has 0 bridgehead atoms. The maximum atomic E-state index is 12.0. The fraction of sp³-hybridized carbons (Fsp3) is 0.368. The molecule has 0 amide bonds. The number of methoxy groups -OCH3 is 1. The smallest absolute Gasteiger partial charge is 0.356 e. The Kier molecular flexibility index (Phi) is 5.57. The summed E-state index contributed by atoms with van der Waals surface area (Å²) in [5.74, 6) is 2.28. The summed E-state index contributed by atoms with van der Waals surface area (Å²) < 4.78 is 5.84. The highest BCUT2D eigenvalue weighted by Gasteiger charge is 2.21. The number of aromatic nitrogens is 1. The van der Waals surface area contributed by atoms with E-state index in [4.69, 9.17) is 11.2 Å². The van der Waals surface area contributed by atoms with E-state index >= 15 is 0 Å². The van der Waals surface area contributed by atoms with Crippen molar-refractivity contribution in [3.63, 3.8) is 0 Å². The van der Waals surface area contributed by atoms with Gasteiger partial charge in [0, 0.05) is 54.7 Å². The first-order chi connectivity index (χ1) is 12.1. The van der Waals surface area contributed by atoms with Gasteiger partial charge >= 0.3 is 5.97 Å². The summed E-state index contributed by atoms with van der Waals surface area (Å²) in [6.07, 6.45) is 6.13. The molecule has 1 aliphatic heterocycles. The molecule has 5 nitrogen and oxygen atoms in total. The maximum Gasteiger partial charge on any atom is 0.356 e. The lowest BCUT2D eigenvalue weighted by atomic mass is 10.1. The van der Waals surface area contributed by atoms with Crippen molar-refractivity contribution in [3.8, 4) is 12.3 Å². The first-order valence-corrected chi connectivity index (χ1v) is 9.01. The number of nitrogens with zero attached hydrogens (tertiary/aromatic N) is 3. The summed E-state index contributed by atoms with van der Waals surface area (Å²) in [6.45, 7) is 4.61. The van der Waals surface area contributed by atoms with Gasteiger partial charge in [0.1, 0.15) is 0 Å². The number of terminal acetylenes is 1. The van der Waals surface area contributed by atoms with Crippen molar-refractivity contribution >= 4 is 38.5 Å². The van der Waals surface area contributed by atoms with Crippen molar-refractivity contribution in [3.05, 3.63) is 34.4 Å². The van der Waals surface area contributed by atoms with E-state index in [1.54, 1.807) is 0 Å². The molecule has 0 unspecified atom stereocenters. The zero-order valence-corrected chi connectivity index (χ0v) is 15.8. The Morgan fingerprint density at radius 3 is 2.76 bits per heavy atom. The lowest BCUT2D eigenvalue weighted by Crippen LogP contribution is -2.46. The van der Waals surface area contributed by atoms with Crippen LogP contribution in [0.25, 0.3) is 10.9 Å². The van der Waals surface area contributed by atoms with Gasteiger partial charge in [0.05, 0.1) is 12.6 Å². The van der Waals surface area contributed by atoms with Crippen LogP contribution < -0.4 is 4.90 Å². The van der Waals surface area contributed by atoms with E-state index in [0.29, 0.717) is 5.69 Å². The van der Waals surface area contributed by atoms with Crippen LogP contribution in [0.4, 0.5) is 5.69 Å². The molecule has 1 aliphatic rings. The maximum absolute atomic E-state index is 12.0. The SMILES string of the molecule is C#CCCN1CCN(c2cc(C(=O)OC)nc3ccc(Br)cc23)CC1. The topological polar surface area (TPSA) is 45.7 Å². The molecule has 0 atom stereocenters. The van der Waals surface area contributed by atoms with Crippen LogP contribution >= 0.6 is 15.9 Å². The average molecular weight is 402 g/mol. The van der Waals surface area contributed by atoms with Gasteiger partial charge in [-0.25, -0.2) is 9.78 Å². The summed E-state index contributed by atoms with van der Waals surface area (Å²) in [7, 11) is 1.37. The van der Waals surface area contributed by atoms with Crippen LogP contribution in [0.3, 0.4) is 0 Å². The van der Waals surface area contributed by atoms with E-state index in [2.05, 4.69) is 36.6 Å². The Balaban J connectivity index is 1.93. The molecule has 1 fully saturated rings. The molecule has 0 aliphatic carbocycles. The van der Waals surface area contributed by atoms with Crippen molar-refractivity contribution in [2.24, 2.45) is 0 Å². The predicted octanol–water partition coefficient (Wildman–Crippen LogP) is 2.93. The van der Waals surface area contributed by atoms with E-state index in [9.17, 15) is 4.79 Å². The molecule has 0 radical (unpaired) electrons. The lowest BCUT2D eigenvalue weighted by molar-refractivity contribution is 0.0594.